The molecule has 0 spiro atoms. The summed E-state index contributed by atoms with van der Waals surface area (Å²) < 4.78 is 0. The fourth-order valence-electron chi connectivity index (χ4n) is 3.35. The molecule has 0 bridgehead atoms. The zero-order valence-corrected chi connectivity index (χ0v) is 16.7. The molecule has 1 N–H and O–H groups in total. The molecule has 1 heterocycles. The van der Waals surface area contributed by atoms with Crippen LogP contribution in [0.1, 0.15) is 16.7 Å². The van der Waals surface area contributed by atoms with E-state index in [9.17, 15) is 4.79 Å². The van der Waals surface area contributed by atoms with Gasteiger partial charge in [0.05, 0.1) is 0 Å². The summed E-state index contributed by atoms with van der Waals surface area (Å²) in [5.74, 6) is -0.174. The number of aryl methyl sites for hydroxylation is 1. The summed E-state index contributed by atoms with van der Waals surface area (Å²) in [6, 6.07) is 26.3. The molecular formula is C27H22N2O. The fraction of sp³-hybridized carbons (Fsp3) is 0.0370. The highest BCUT2D eigenvalue weighted by molar-refractivity contribution is 6.06. The number of pyridine rings is 1. The highest BCUT2D eigenvalue weighted by Gasteiger charge is 2.05. The standard InChI is InChI=1S/C27H22N2O/c1-20-13-15-22(16-14-20)24(21-7-3-2-4-8-21)10-6-12-27(30)29-26-11-5-9-23-19-28-18-17-25(23)26/h2-19H,1H3,(H,29,30)/b12-6+,24-10-. The SMILES string of the molecule is Cc1ccc(/C(=C\C=C\C(=O)Nc2cccc3cnccc23)c2ccccc2)cc1. The van der Waals surface area contributed by atoms with Crippen molar-refractivity contribution in [2.75, 3.05) is 5.32 Å². The Morgan fingerprint density at radius 2 is 1.63 bits per heavy atom. The smallest absolute Gasteiger partial charge is 0.248 e. The van der Waals surface area contributed by atoms with Gasteiger partial charge in [-0.25, -0.2) is 0 Å². The number of carbonyl (C=O) groups excluding carboxylic acids is 1. The van der Waals surface area contributed by atoms with Crippen LogP contribution in [-0.2, 0) is 4.79 Å². The van der Waals surface area contributed by atoms with Crippen LogP contribution in [0.2, 0.25) is 0 Å². The Morgan fingerprint density at radius 1 is 0.867 bits per heavy atom. The third-order valence-corrected chi connectivity index (χ3v) is 4.90. The number of rotatable bonds is 5. The van der Waals surface area contributed by atoms with E-state index in [2.05, 4.69) is 53.6 Å². The molecule has 146 valence electrons. The zero-order valence-electron chi connectivity index (χ0n) is 16.7. The minimum atomic E-state index is -0.174. The minimum Gasteiger partial charge on any atom is -0.322 e. The maximum absolute atomic E-state index is 12.5. The van der Waals surface area contributed by atoms with Gasteiger partial charge in [-0.3, -0.25) is 9.78 Å². The van der Waals surface area contributed by atoms with E-state index in [1.165, 1.54) is 5.56 Å². The van der Waals surface area contributed by atoms with Crippen molar-refractivity contribution in [3.8, 4) is 0 Å². The molecule has 0 aliphatic heterocycles. The first-order valence-corrected chi connectivity index (χ1v) is 9.85. The number of aromatic nitrogens is 1. The summed E-state index contributed by atoms with van der Waals surface area (Å²) in [6.45, 7) is 2.07. The molecule has 3 aromatic carbocycles. The number of allylic oxidation sites excluding steroid dienone is 2. The van der Waals surface area contributed by atoms with Crippen molar-refractivity contribution in [2.24, 2.45) is 0 Å². The van der Waals surface area contributed by atoms with Crippen LogP contribution in [0.4, 0.5) is 5.69 Å². The van der Waals surface area contributed by atoms with E-state index >= 15 is 0 Å². The van der Waals surface area contributed by atoms with Gasteiger partial charge in [0.25, 0.3) is 0 Å². The first-order valence-electron chi connectivity index (χ1n) is 9.85. The Hall–Kier alpha value is -3.98. The third kappa shape index (κ3) is 4.53. The Balaban J connectivity index is 1.58. The first kappa shape index (κ1) is 19.3. The summed E-state index contributed by atoms with van der Waals surface area (Å²) in [7, 11) is 0. The van der Waals surface area contributed by atoms with Crippen LogP contribution in [-0.4, -0.2) is 10.9 Å². The number of anilines is 1. The second-order valence-electron chi connectivity index (χ2n) is 7.06. The molecule has 30 heavy (non-hydrogen) atoms. The molecule has 4 rings (SSSR count). The number of benzene rings is 3. The van der Waals surface area contributed by atoms with Crippen molar-refractivity contribution >= 4 is 27.9 Å². The number of hydrogen-bond donors (Lipinski definition) is 1. The molecule has 0 aliphatic rings. The Labute approximate surface area is 176 Å². The molecule has 4 aromatic rings. The van der Waals surface area contributed by atoms with Crippen molar-refractivity contribution in [1.82, 2.24) is 4.98 Å². The molecule has 0 fully saturated rings. The number of nitrogens with zero attached hydrogens (tertiary/aromatic N) is 1. The summed E-state index contributed by atoms with van der Waals surface area (Å²) in [4.78, 5) is 16.6. The Morgan fingerprint density at radius 3 is 2.43 bits per heavy atom. The van der Waals surface area contributed by atoms with Gasteiger partial charge in [-0.1, -0.05) is 84.4 Å². The summed E-state index contributed by atoms with van der Waals surface area (Å²) in [5.41, 5.74) is 5.27. The monoisotopic (exact) mass is 390 g/mol. The van der Waals surface area contributed by atoms with Crippen LogP contribution in [0.5, 0.6) is 0 Å². The maximum atomic E-state index is 12.5. The molecule has 1 amide bonds. The average molecular weight is 390 g/mol. The van der Waals surface area contributed by atoms with Crippen molar-refractivity contribution in [3.05, 3.63) is 126 Å². The lowest BCUT2D eigenvalue weighted by Gasteiger charge is -2.08. The van der Waals surface area contributed by atoms with E-state index in [0.29, 0.717) is 0 Å². The van der Waals surface area contributed by atoms with Crippen LogP contribution in [0, 0.1) is 6.92 Å². The molecule has 3 nitrogen and oxygen atoms in total. The van der Waals surface area contributed by atoms with Gasteiger partial charge in [0, 0.05) is 34.9 Å². The van der Waals surface area contributed by atoms with Crippen LogP contribution in [0.3, 0.4) is 0 Å². The van der Waals surface area contributed by atoms with E-state index < -0.39 is 0 Å². The zero-order chi connectivity index (χ0) is 20.8. The van der Waals surface area contributed by atoms with Gasteiger partial charge in [-0.2, -0.15) is 0 Å². The number of hydrogen-bond acceptors (Lipinski definition) is 2. The maximum Gasteiger partial charge on any atom is 0.248 e. The first-order chi connectivity index (χ1) is 14.7. The van der Waals surface area contributed by atoms with E-state index in [1.54, 1.807) is 24.5 Å². The second-order valence-corrected chi connectivity index (χ2v) is 7.06. The van der Waals surface area contributed by atoms with E-state index in [1.807, 2.05) is 48.5 Å². The largest absolute Gasteiger partial charge is 0.322 e. The van der Waals surface area contributed by atoms with Crippen LogP contribution in [0.25, 0.3) is 16.3 Å². The molecule has 3 heteroatoms. The normalized spacial score (nSPS) is 11.7. The number of nitrogens with one attached hydrogen (secondary N) is 1. The summed E-state index contributed by atoms with van der Waals surface area (Å²) >= 11 is 0. The molecule has 0 aliphatic carbocycles. The molecule has 0 unspecified atom stereocenters. The summed E-state index contributed by atoms with van der Waals surface area (Å²) in [5, 5.41) is 4.92. The second kappa shape index (κ2) is 9.01. The minimum absolute atomic E-state index is 0.174. The summed E-state index contributed by atoms with van der Waals surface area (Å²) in [6.07, 6.45) is 8.84. The molecule has 1 aromatic heterocycles. The molecule has 0 saturated carbocycles. The van der Waals surface area contributed by atoms with Gasteiger partial charge < -0.3 is 5.32 Å². The van der Waals surface area contributed by atoms with Crippen molar-refractivity contribution in [2.45, 2.75) is 6.92 Å². The highest BCUT2D eigenvalue weighted by atomic mass is 16.1. The van der Waals surface area contributed by atoms with Crippen molar-refractivity contribution in [1.29, 1.82) is 0 Å². The van der Waals surface area contributed by atoms with Gasteiger partial charge in [0.1, 0.15) is 0 Å². The van der Waals surface area contributed by atoms with Gasteiger partial charge in [0.2, 0.25) is 5.91 Å². The van der Waals surface area contributed by atoms with Crippen LogP contribution in [0.15, 0.2) is 109 Å². The van der Waals surface area contributed by atoms with E-state index in [0.717, 1.165) is 33.2 Å². The van der Waals surface area contributed by atoms with Crippen molar-refractivity contribution < 1.29 is 4.79 Å². The molecule has 0 radical (unpaired) electrons. The number of fused-ring (bicyclic) bond motifs is 1. The molecule has 0 saturated heterocycles. The van der Waals surface area contributed by atoms with Gasteiger partial charge >= 0.3 is 0 Å². The van der Waals surface area contributed by atoms with Crippen LogP contribution < -0.4 is 5.32 Å². The number of amides is 1. The predicted molar refractivity (Wildman–Crippen MR) is 124 cm³/mol. The lowest BCUT2D eigenvalue weighted by molar-refractivity contribution is -0.111. The molecular weight excluding hydrogens is 368 g/mol. The lowest BCUT2D eigenvalue weighted by Crippen LogP contribution is -2.08. The van der Waals surface area contributed by atoms with Crippen molar-refractivity contribution in [3.63, 3.8) is 0 Å². The fourth-order valence-corrected chi connectivity index (χ4v) is 3.35. The topological polar surface area (TPSA) is 42.0 Å². The Kier molecular flexibility index (Phi) is 5.81. The predicted octanol–water partition coefficient (Wildman–Crippen LogP) is 6.17. The average Bonchev–Trinajstić information content (AvgIpc) is 2.78. The van der Waals surface area contributed by atoms with Crippen LogP contribution >= 0.6 is 0 Å². The third-order valence-electron chi connectivity index (χ3n) is 4.90. The van der Waals surface area contributed by atoms with Gasteiger partial charge in [-0.15, -0.1) is 0 Å². The molecule has 0 atom stereocenters. The Bertz CT molecular complexity index is 1220. The number of carbonyl (C=O) groups is 1. The van der Waals surface area contributed by atoms with E-state index in [4.69, 9.17) is 0 Å². The van der Waals surface area contributed by atoms with Gasteiger partial charge in [-0.05, 0) is 35.8 Å². The highest BCUT2D eigenvalue weighted by Crippen LogP contribution is 2.24. The van der Waals surface area contributed by atoms with E-state index in [-0.39, 0.29) is 5.91 Å². The lowest BCUT2D eigenvalue weighted by atomic mass is 9.97. The van der Waals surface area contributed by atoms with Gasteiger partial charge in [0.15, 0.2) is 0 Å². The quantitative estimate of drug-likeness (QED) is 0.327.